The van der Waals surface area contributed by atoms with Crippen molar-refractivity contribution in [2.75, 3.05) is 5.01 Å². The minimum atomic E-state index is -1.07. The molecule has 1 aliphatic heterocycles. The first-order chi connectivity index (χ1) is 9.06. The van der Waals surface area contributed by atoms with Crippen molar-refractivity contribution in [3.8, 4) is 0 Å². The second-order valence-corrected chi connectivity index (χ2v) is 4.44. The summed E-state index contributed by atoms with van der Waals surface area (Å²) in [5.41, 5.74) is 1.41. The Kier molecular flexibility index (Phi) is 3.79. The number of hydrogen-bond donors (Lipinski definition) is 2. The summed E-state index contributed by atoms with van der Waals surface area (Å²) in [4.78, 5) is 22.4. The fourth-order valence-electron chi connectivity index (χ4n) is 1.98. The molecule has 2 N–H and O–H groups in total. The number of nitrogens with one attached hydrogen (secondary N) is 1. The Morgan fingerprint density at radius 1 is 1.47 bits per heavy atom. The van der Waals surface area contributed by atoms with Gasteiger partial charge in [0, 0.05) is 12.5 Å². The number of amides is 2. The van der Waals surface area contributed by atoms with E-state index < -0.39 is 6.09 Å². The predicted molar refractivity (Wildman–Crippen MR) is 71.2 cm³/mol. The van der Waals surface area contributed by atoms with E-state index in [0.717, 1.165) is 5.69 Å². The van der Waals surface area contributed by atoms with Crippen LogP contribution < -0.4 is 10.3 Å². The second-order valence-electron chi connectivity index (χ2n) is 4.44. The number of benzene rings is 1. The highest BCUT2D eigenvalue weighted by molar-refractivity contribution is 6.13. The standard InChI is InChI=1S/C13H15N3O3/c1-9(14-13(18)19)7-10-8-12(17)16(15-10)11-5-3-2-4-6-11/h2-6,9,14H,7-8H2,1H3,(H,18,19)/t9-/m0/s1. The summed E-state index contributed by atoms with van der Waals surface area (Å²) in [6.45, 7) is 1.74. The van der Waals surface area contributed by atoms with Crippen molar-refractivity contribution < 1.29 is 14.7 Å². The summed E-state index contributed by atoms with van der Waals surface area (Å²) in [7, 11) is 0. The van der Waals surface area contributed by atoms with Crippen molar-refractivity contribution in [3.05, 3.63) is 30.3 Å². The monoisotopic (exact) mass is 261 g/mol. The molecule has 0 bridgehead atoms. The minimum Gasteiger partial charge on any atom is -0.465 e. The summed E-state index contributed by atoms with van der Waals surface area (Å²) in [6.07, 6.45) is -0.403. The Bertz CT molecular complexity index is 513. The molecule has 1 aromatic rings. The normalized spacial score (nSPS) is 16.2. The lowest BCUT2D eigenvalue weighted by Crippen LogP contribution is -2.32. The van der Waals surface area contributed by atoms with E-state index in [1.807, 2.05) is 30.3 Å². The number of carbonyl (C=O) groups is 2. The first kappa shape index (κ1) is 13.1. The third-order valence-corrected chi connectivity index (χ3v) is 2.75. The smallest absolute Gasteiger partial charge is 0.404 e. The van der Waals surface area contributed by atoms with E-state index in [-0.39, 0.29) is 18.4 Å². The quantitative estimate of drug-likeness (QED) is 0.867. The van der Waals surface area contributed by atoms with Gasteiger partial charge < -0.3 is 10.4 Å². The van der Waals surface area contributed by atoms with E-state index in [9.17, 15) is 9.59 Å². The van der Waals surface area contributed by atoms with Gasteiger partial charge in [-0.25, -0.2) is 9.80 Å². The molecule has 100 valence electrons. The molecular weight excluding hydrogens is 246 g/mol. The van der Waals surface area contributed by atoms with Gasteiger partial charge in [0.2, 0.25) is 0 Å². The molecule has 1 atom stereocenters. The molecule has 1 aliphatic rings. The molecule has 0 saturated carbocycles. The lowest BCUT2D eigenvalue weighted by molar-refractivity contribution is -0.116. The first-order valence-corrected chi connectivity index (χ1v) is 6.00. The number of rotatable bonds is 4. The number of para-hydroxylation sites is 1. The fourth-order valence-corrected chi connectivity index (χ4v) is 1.98. The summed E-state index contributed by atoms with van der Waals surface area (Å²) in [5.74, 6) is -0.0938. The molecule has 19 heavy (non-hydrogen) atoms. The van der Waals surface area contributed by atoms with Gasteiger partial charge in [-0.1, -0.05) is 18.2 Å². The van der Waals surface area contributed by atoms with Crippen LogP contribution in [0.1, 0.15) is 19.8 Å². The number of carbonyl (C=O) groups excluding carboxylic acids is 1. The molecule has 2 amide bonds. The Balaban J connectivity index is 2.05. The molecule has 1 heterocycles. The van der Waals surface area contributed by atoms with Crippen LogP contribution in [0.4, 0.5) is 10.5 Å². The van der Waals surface area contributed by atoms with E-state index in [1.54, 1.807) is 6.92 Å². The molecule has 2 rings (SSSR count). The van der Waals surface area contributed by atoms with Crippen LogP contribution in [0.25, 0.3) is 0 Å². The summed E-state index contributed by atoms with van der Waals surface area (Å²) in [5, 5.41) is 16.6. The number of hydrogen-bond acceptors (Lipinski definition) is 3. The van der Waals surface area contributed by atoms with Gasteiger partial charge in [0.25, 0.3) is 5.91 Å². The Labute approximate surface area is 110 Å². The Morgan fingerprint density at radius 3 is 2.79 bits per heavy atom. The van der Waals surface area contributed by atoms with Crippen molar-refractivity contribution >= 4 is 23.4 Å². The molecule has 0 saturated heterocycles. The van der Waals surface area contributed by atoms with Crippen LogP contribution in [-0.4, -0.2) is 28.9 Å². The van der Waals surface area contributed by atoms with Gasteiger partial charge >= 0.3 is 6.09 Å². The summed E-state index contributed by atoms with van der Waals surface area (Å²) in [6, 6.07) is 8.90. The maximum Gasteiger partial charge on any atom is 0.404 e. The van der Waals surface area contributed by atoms with Crippen molar-refractivity contribution in [3.63, 3.8) is 0 Å². The second kappa shape index (κ2) is 5.51. The van der Waals surface area contributed by atoms with E-state index in [0.29, 0.717) is 12.1 Å². The minimum absolute atomic E-state index is 0.0938. The highest BCUT2D eigenvalue weighted by Crippen LogP contribution is 2.21. The Hall–Kier alpha value is -2.37. The SMILES string of the molecule is C[C@@H](CC1=NN(c2ccccc2)C(=O)C1)NC(=O)O. The maximum absolute atomic E-state index is 11.9. The van der Waals surface area contributed by atoms with E-state index >= 15 is 0 Å². The van der Waals surface area contributed by atoms with Crippen LogP contribution in [-0.2, 0) is 4.79 Å². The number of hydrazone groups is 1. The van der Waals surface area contributed by atoms with Crippen LogP contribution in [0.2, 0.25) is 0 Å². The van der Waals surface area contributed by atoms with Crippen LogP contribution in [0.3, 0.4) is 0 Å². The lowest BCUT2D eigenvalue weighted by atomic mass is 10.1. The Morgan fingerprint density at radius 2 is 2.16 bits per heavy atom. The highest BCUT2D eigenvalue weighted by atomic mass is 16.4. The van der Waals surface area contributed by atoms with Crippen molar-refractivity contribution in [2.24, 2.45) is 5.10 Å². The molecule has 6 heteroatoms. The molecule has 1 aromatic carbocycles. The molecule has 0 fully saturated rings. The third-order valence-electron chi connectivity index (χ3n) is 2.75. The molecule has 0 aliphatic carbocycles. The fraction of sp³-hybridized carbons (Fsp3) is 0.308. The lowest BCUT2D eigenvalue weighted by Gasteiger charge is -2.11. The zero-order chi connectivity index (χ0) is 13.8. The molecule has 0 aromatic heterocycles. The van der Waals surface area contributed by atoms with Crippen molar-refractivity contribution in [1.29, 1.82) is 0 Å². The molecule has 6 nitrogen and oxygen atoms in total. The van der Waals surface area contributed by atoms with Gasteiger partial charge in [-0.05, 0) is 19.1 Å². The average Bonchev–Trinajstić information content (AvgIpc) is 2.70. The van der Waals surface area contributed by atoms with E-state index in [4.69, 9.17) is 5.11 Å². The summed E-state index contributed by atoms with van der Waals surface area (Å²) >= 11 is 0. The molecular formula is C13H15N3O3. The van der Waals surface area contributed by atoms with Crippen LogP contribution in [0.5, 0.6) is 0 Å². The molecule has 0 unspecified atom stereocenters. The van der Waals surface area contributed by atoms with Crippen LogP contribution >= 0.6 is 0 Å². The van der Waals surface area contributed by atoms with Gasteiger partial charge in [-0.15, -0.1) is 0 Å². The maximum atomic E-state index is 11.9. The summed E-state index contributed by atoms with van der Waals surface area (Å²) < 4.78 is 0. The zero-order valence-electron chi connectivity index (χ0n) is 10.5. The predicted octanol–water partition coefficient (Wildman–Crippen LogP) is 1.83. The van der Waals surface area contributed by atoms with Gasteiger partial charge in [-0.3, -0.25) is 4.79 Å². The van der Waals surface area contributed by atoms with Crippen LogP contribution in [0, 0.1) is 0 Å². The van der Waals surface area contributed by atoms with E-state index in [1.165, 1.54) is 5.01 Å². The zero-order valence-corrected chi connectivity index (χ0v) is 10.5. The van der Waals surface area contributed by atoms with E-state index in [2.05, 4.69) is 10.4 Å². The highest BCUT2D eigenvalue weighted by Gasteiger charge is 2.26. The number of nitrogens with zero attached hydrogens (tertiary/aromatic N) is 2. The first-order valence-electron chi connectivity index (χ1n) is 6.00. The topological polar surface area (TPSA) is 82.0 Å². The molecule has 0 spiro atoms. The van der Waals surface area contributed by atoms with Gasteiger partial charge in [0.05, 0.1) is 17.8 Å². The largest absolute Gasteiger partial charge is 0.465 e. The van der Waals surface area contributed by atoms with Crippen molar-refractivity contribution in [1.82, 2.24) is 5.32 Å². The average molecular weight is 261 g/mol. The third kappa shape index (κ3) is 3.31. The van der Waals surface area contributed by atoms with Crippen LogP contribution in [0.15, 0.2) is 35.4 Å². The van der Waals surface area contributed by atoms with Crippen molar-refractivity contribution in [2.45, 2.75) is 25.8 Å². The van der Waals surface area contributed by atoms with Gasteiger partial charge in [0.15, 0.2) is 0 Å². The van der Waals surface area contributed by atoms with Gasteiger partial charge in [0.1, 0.15) is 0 Å². The number of anilines is 1. The number of carboxylic acid groups (broad SMARTS) is 1. The van der Waals surface area contributed by atoms with Gasteiger partial charge in [-0.2, -0.15) is 5.10 Å². The molecule has 0 radical (unpaired) electrons.